The summed E-state index contributed by atoms with van der Waals surface area (Å²) in [5.41, 5.74) is 3.17. The molecule has 1 atom stereocenters. The molecule has 3 aliphatic rings. The Morgan fingerprint density at radius 1 is 0.804 bits per heavy atom. The summed E-state index contributed by atoms with van der Waals surface area (Å²) < 4.78 is 116. The van der Waals surface area contributed by atoms with Crippen molar-refractivity contribution in [2.24, 2.45) is 0 Å². The molecule has 1 N–H and O–H groups in total. The number of hydrogen-bond acceptors (Lipinski definition) is 5. The van der Waals surface area contributed by atoms with Gasteiger partial charge < -0.3 is 14.9 Å². The van der Waals surface area contributed by atoms with E-state index in [4.69, 9.17) is 11.6 Å². The van der Waals surface area contributed by atoms with Gasteiger partial charge in [0.15, 0.2) is 28.2 Å². The highest BCUT2D eigenvalue weighted by atomic mass is 35.5. The smallest absolute Gasteiger partial charge is 0.335 e. The van der Waals surface area contributed by atoms with Gasteiger partial charge in [-0.1, -0.05) is 35.9 Å². The molecule has 4 aromatic rings. The number of sulfonamides is 1. The number of anilines is 2. The number of hydrogen-bond donors (Lipinski definition) is 1. The Labute approximate surface area is 324 Å². The molecule has 4 aromatic carbocycles. The highest BCUT2D eigenvalue weighted by Crippen LogP contribution is 2.46. The summed E-state index contributed by atoms with van der Waals surface area (Å²) in [4.78, 5) is 28.0. The Morgan fingerprint density at radius 3 is 1.95 bits per heavy atom. The van der Waals surface area contributed by atoms with Crippen LogP contribution in [-0.2, 0) is 27.9 Å². The summed E-state index contributed by atoms with van der Waals surface area (Å²) in [5, 5.41) is 9.58. The molecule has 2 saturated carbocycles. The van der Waals surface area contributed by atoms with Gasteiger partial charge in [-0.2, -0.15) is 4.31 Å². The van der Waals surface area contributed by atoms with E-state index in [9.17, 15) is 40.7 Å². The summed E-state index contributed by atoms with van der Waals surface area (Å²) in [6.07, 6.45) is 5.46. The first-order chi connectivity index (χ1) is 26.5. The van der Waals surface area contributed by atoms with Crippen molar-refractivity contribution in [1.29, 1.82) is 0 Å². The van der Waals surface area contributed by atoms with Crippen molar-refractivity contribution >= 4 is 44.9 Å². The molecule has 2 aliphatic carbocycles. The van der Waals surface area contributed by atoms with E-state index in [1.54, 1.807) is 0 Å². The normalized spacial score (nSPS) is 17.2. The van der Waals surface area contributed by atoms with Crippen molar-refractivity contribution in [3.05, 3.63) is 122 Å². The predicted octanol–water partition coefficient (Wildman–Crippen LogP) is 9.04. The molecule has 7 rings (SSSR count). The average Bonchev–Trinajstić information content (AvgIpc) is 4.10. The van der Waals surface area contributed by atoms with E-state index in [1.165, 1.54) is 23.1 Å². The van der Waals surface area contributed by atoms with Crippen molar-refractivity contribution in [3.63, 3.8) is 0 Å². The molecule has 3 fully saturated rings. The summed E-state index contributed by atoms with van der Waals surface area (Å²) in [6, 6.07) is 12.9. The summed E-state index contributed by atoms with van der Waals surface area (Å²) in [5.74, 6) is -15.3. The maximum Gasteiger partial charge on any atom is 0.335 e. The topological polar surface area (TPSA) is 98.2 Å². The second-order valence-corrected chi connectivity index (χ2v) is 16.9. The third kappa shape index (κ3) is 7.85. The molecule has 0 spiro atoms. The number of rotatable bonds is 13. The Balaban J connectivity index is 1.37. The highest BCUT2D eigenvalue weighted by Gasteiger charge is 2.40. The van der Waals surface area contributed by atoms with Crippen LogP contribution in [0, 0.1) is 34.9 Å². The van der Waals surface area contributed by atoms with Crippen molar-refractivity contribution in [3.8, 4) is 0 Å². The summed E-state index contributed by atoms with van der Waals surface area (Å²) >= 11 is 6.22. The second-order valence-electron chi connectivity index (χ2n) is 14.6. The van der Waals surface area contributed by atoms with Crippen molar-refractivity contribution in [2.45, 2.75) is 81.3 Å². The van der Waals surface area contributed by atoms with Crippen LogP contribution in [0.2, 0.25) is 5.02 Å². The van der Waals surface area contributed by atoms with E-state index in [1.807, 2.05) is 24.0 Å². The standard InChI is InChI=1S/C40H36ClF6N3O5S/c1-21-3-2-12-49(21)32-16-25(40(52)53)9-11-31(32)50(18-22-13-27(23-4-5-23)15-28(14-22)24-6-7-24)33(51)20-48(19-26-8-10-29(42)17-30(26)41)56(54,55)39-37(46)35(44)34(43)36(45)38(39)47/h8-11,13-17,21,23-24H,2-7,12,18-20H2,1H3,(H,52,53). The van der Waals surface area contributed by atoms with Gasteiger partial charge in [0.05, 0.1) is 30.0 Å². The first-order valence-corrected chi connectivity index (χ1v) is 19.9. The molecular weight excluding hydrogens is 784 g/mol. The van der Waals surface area contributed by atoms with E-state index in [0.717, 1.165) is 67.9 Å². The third-order valence-corrected chi connectivity index (χ3v) is 12.8. The van der Waals surface area contributed by atoms with Crippen molar-refractivity contribution < 1.29 is 49.5 Å². The minimum Gasteiger partial charge on any atom is -0.478 e. The Bertz CT molecular complexity index is 2300. The van der Waals surface area contributed by atoms with Crippen LogP contribution < -0.4 is 9.80 Å². The summed E-state index contributed by atoms with van der Waals surface area (Å²) in [6.45, 7) is 0.114. The van der Waals surface area contributed by atoms with E-state index in [0.29, 0.717) is 29.6 Å². The zero-order valence-electron chi connectivity index (χ0n) is 30.0. The first-order valence-electron chi connectivity index (χ1n) is 18.1. The number of amides is 1. The fraction of sp³-hybridized carbons (Fsp3) is 0.350. The molecule has 8 nitrogen and oxygen atoms in total. The Hall–Kier alpha value is -4.60. The van der Waals surface area contributed by atoms with Gasteiger partial charge in [-0.15, -0.1) is 0 Å². The van der Waals surface area contributed by atoms with Crippen molar-refractivity contribution in [2.75, 3.05) is 22.9 Å². The maximum absolute atomic E-state index is 15.2. The molecule has 56 heavy (non-hydrogen) atoms. The zero-order valence-corrected chi connectivity index (χ0v) is 31.5. The van der Waals surface area contributed by atoms with Gasteiger partial charge in [-0.05, 0) is 110 Å². The number of carbonyl (C=O) groups is 2. The molecule has 0 radical (unpaired) electrons. The fourth-order valence-corrected chi connectivity index (χ4v) is 8.99. The molecule has 0 aromatic heterocycles. The van der Waals surface area contributed by atoms with Crippen LogP contribution in [0.3, 0.4) is 0 Å². The van der Waals surface area contributed by atoms with Crippen LogP contribution in [0.1, 0.15) is 89.9 Å². The van der Waals surface area contributed by atoms with Crippen LogP contribution in [-0.4, -0.2) is 48.8 Å². The molecule has 296 valence electrons. The fourth-order valence-electron chi connectivity index (χ4n) is 7.28. The van der Waals surface area contributed by atoms with Gasteiger partial charge in [0.1, 0.15) is 5.82 Å². The number of nitrogens with zero attached hydrogens (tertiary/aromatic N) is 3. The summed E-state index contributed by atoms with van der Waals surface area (Å²) in [7, 11) is -5.76. The predicted molar refractivity (Wildman–Crippen MR) is 196 cm³/mol. The van der Waals surface area contributed by atoms with Crippen LogP contribution >= 0.6 is 11.6 Å². The number of carboxylic acid groups (broad SMARTS) is 1. The average molecular weight is 820 g/mol. The number of carbonyl (C=O) groups excluding carboxylic acids is 1. The first kappa shape index (κ1) is 39.6. The minimum absolute atomic E-state index is 0.0801. The lowest BCUT2D eigenvalue weighted by Crippen LogP contribution is -2.43. The van der Waals surface area contributed by atoms with Gasteiger partial charge in [-0.25, -0.2) is 39.6 Å². The Kier molecular flexibility index (Phi) is 10.9. The van der Waals surface area contributed by atoms with Gasteiger partial charge in [0, 0.05) is 24.2 Å². The minimum atomic E-state index is -5.76. The number of halogens is 7. The van der Waals surface area contributed by atoms with E-state index >= 15 is 8.78 Å². The lowest BCUT2D eigenvalue weighted by atomic mass is 9.99. The largest absolute Gasteiger partial charge is 0.478 e. The zero-order chi connectivity index (χ0) is 40.2. The van der Waals surface area contributed by atoms with E-state index in [-0.39, 0.29) is 38.7 Å². The monoisotopic (exact) mass is 819 g/mol. The van der Waals surface area contributed by atoms with Crippen LogP contribution in [0.4, 0.5) is 37.7 Å². The lowest BCUT2D eigenvalue weighted by Gasteiger charge is -2.33. The molecular formula is C40H36ClF6N3O5S. The number of aromatic carboxylic acids is 1. The molecule has 16 heteroatoms. The number of carboxylic acids is 1. The van der Waals surface area contributed by atoms with E-state index < -0.39 is 74.8 Å². The SMILES string of the molecule is CC1CCCN1c1cc(C(=O)O)ccc1N(Cc1cc(C2CC2)cc(C2CC2)c1)C(=O)CN(Cc1ccc(F)cc1Cl)S(=O)(=O)c1c(F)c(F)c(F)c(F)c1F. The highest BCUT2D eigenvalue weighted by molar-refractivity contribution is 7.89. The van der Waals surface area contributed by atoms with Gasteiger partial charge in [0.2, 0.25) is 21.7 Å². The quantitative estimate of drug-likeness (QED) is 0.0822. The maximum atomic E-state index is 15.2. The molecule has 1 amide bonds. The molecule has 0 bridgehead atoms. The lowest BCUT2D eigenvalue weighted by molar-refractivity contribution is -0.119. The van der Waals surface area contributed by atoms with Gasteiger partial charge >= 0.3 is 5.97 Å². The van der Waals surface area contributed by atoms with Crippen molar-refractivity contribution in [1.82, 2.24) is 4.31 Å². The van der Waals surface area contributed by atoms with Gasteiger partial charge in [0.25, 0.3) is 0 Å². The van der Waals surface area contributed by atoms with Crippen LogP contribution in [0.5, 0.6) is 0 Å². The van der Waals surface area contributed by atoms with Crippen LogP contribution in [0.25, 0.3) is 0 Å². The second kappa shape index (κ2) is 15.4. The molecule has 1 unspecified atom stereocenters. The molecule has 1 aliphatic heterocycles. The molecule has 1 saturated heterocycles. The third-order valence-electron chi connectivity index (χ3n) is 10.6. The van der Waals surface area contributed by atoms with E-state index in [2.05, 4.69) is 6.07 Å². The van der Waals surface area contributed by atoms with Crippen LogP contribution in [0.15, 0.2) is 59.5 Å². The number of benzene rings is 4. The van der Waals surface area contributed by atoms with Gasteiger partial charge in [-0.3, -0.25) is 4.79 Å². The Morgan fingerprint density at radius 2 is 1.41 bits per heavy atom. The molecule has 1 heterocycles.